The van der Waals surface area contributed by atoms with E-state index in [-0.39, 0.29) is 22.4 Å². The van der Waals surface area contributed by atoms with Crippen molar-refractivity contribution in [3.8, 4) is 23.7 Å². The minimum atomic E-state index is -0.872. The lowest BCUT2D eigenvalue weighted by Crippen LogP contribution is -2.73. The van der Waals surface area contributed by atoms with E-state index in [1.807, 2.05) is 12.1 Å². The van der Waals surface area contributed by atoms with Crippen molar-refractivity contribution in [1.29, 1.82) is 0 Å². The Morgan fingerprint density at radius 2 is 0.972 bits per heavy atom. The molecule has 0 spiro atoms. The van der Waals surface area contributed by atoms with Crippen molar-refractivity contribution in [3.63, 3.8) is 0 Å². The van der Waals surface area contributed by atoms with Crippen molar-refractivity contribution in [1.82, 2.24) is 0 Å². The highest BCUT2D eigenvalue weighted by molar-refractivity contribution is 5.99. The van der Waals surface area contributed by atoms with Gasteiger partial charge in [0.05, 0.1) is 22.7 Å². The number of rotatable bonds is 0. The molecule has 36 heavy (non-hydrogen) atoms. The summed E-state index contributed by atoms with van der Waals surface area (Å²) in [6.45, 7) is 12.6. The van der Waals surface area contributed by atoms with Gasteiger partial charge in [0.1, 0.15) is 11.6 Å². The van der Waals surface area contributed by atoms with E-state index in [1.165, 1.54) is 0 Å². The van der Waals surface area contributed by atoms with Crippen LogP contribution >= 0.6 is 0 Å². The molecule has 0 saturated heterocycles. The van der Waals surface area contributed by atoms with E-state index in [2.05, 4.69) is 102 Å². The summed E-state index contributed by atoms with van der Waals surface area (Å²) in [5, 5.41) is 0. The van der Waals surface area contributed by atoms with Crippen molar-refractivity contribution in [3.05, 3.63) is 70.8 Å². The Bertz CT molecular complexity index is 1270. The average molecular weight is 477 g/mol. The third-order valence-corrected chi connectivity index (χ3v) is 8.02. The van der Waals surface area contributed by atoms with Gasteiger partial charge in [-0.05, 0) is 76.6 Å². The summed E-state index contributed by atoms with van der Waals surface area (Å²) in [5.41, 5.74) is 2.21. The van der Waals surface area contributed by atoms with Crippen LogP contribution in [-0.4, -0.2) is 11.6 Å². The van der Waals surface area contributed by atoms with E-state index in [0.29, 0.717) is 25.7 Å². The summed E-state index contributed by atoms with van der Waals surface area (Å²) < 4.78 is 0. The van der Waals surface area contributed by atoms with Crippen LogP contribution in [0.25, 0.3) is 0 Å². The van der Waals surface area contributed by atoms with Gasteiger partial charge in [0.2, 0.25) is 0 Å². The fourth-order valence-electron chi connectivity index (χ4n) is 6.64. The Balaban J connectivity index is 1.99. The molecule has 0 bridgehead atoms. The Hall–Kier alpha value is -3.10. The van der Waals surface area contributed by atoms with Crippen LogP contribution in [0.15, 0.2) is 48.5 Å². The molecular weight excluding hydrogens is 440 g/mol. The van der Waals surface area contributed by atoms with E-state index >= 15 is 0 Å². The number of fused-ring (bicyclic) bond motifs is 8. The van der Waals surface area contributed by atoms with Gasteiger partial charge in [0.15, 0.2) is 0 Å². The zero-order valence-electron chi connectivity index (χ0n) is 22.4. The third-order valence-electron chi connectivity index (χ3n) is 8.02. The van der Waals surface area contributed by atoms with E-state index < -0.39 is 22.7 Å². The predicted octanol–water partition coefficient (Wildman–Crippen LogP) is 6.24. The van der Waals surface area contributed by atoms with Gasteiger partial charge in [-0.3, -0.25) is 9.59 Å². The summed E-state index contributed by atoms with van der Waals surface area (Å²) in [6.07, 6.45) is 2.23. The first kappa shape index (κ1) is 24.6. The van der Waals surface area contributed by atoms with Crippen molar-refractivity contribution in [2.75, 3.05) is 0 Å². The van der Waals surface area contributed by atoms with Gasteiger partial charge in [0, 0.05) is 23.7 Å². The fourth-order valence-corrected chi connectivity index (χ4v) is 6.64. The molecule has 5 rings (SSSR count). The number of benzene rings is 2. The highest BCUT2D eigenvalue weighted by Gasteiger charge is 2.77. The molecule has 0 aliphatic heterocycles. The molecule has 0 amide bonds. The number of Topliss-reactive ketones (excluding diaryl/α,β-unsaturated/α-hetero) is 2. The Kier molecular flexibility index (Phi) is 5.61. The summed E-state index contributed by atoms with van der Waals surface area (Å²) in [7, 11) is 0. The number of ketones is 2. The number of carbonyl (C=O) groups excluding carboxylic acids is 2. The van der Waals surface area contributed by atoms with Gasteiger partial charge in [-0.15, -0.1) is 0 Å². The predicted molar refractivity (Wildman–Crippen MR) is 144 cm³/mol. The second kappa shape index (κ2) is 8.21. The first-order chi connectivity index (χ1) is 16.9. The van der Waals surface area contributed by atoms with Crippen LogP contribution in [0.1, 0.15) is 76.6 Å². The summed E-state index contributed by atoms with van der Waals surface area (Å²) in [6, 6.07) is 16.8. The Labute approximate surface area is 216 Å². The Morgan fingerprint density at radius 1 is 0.611 bits per heavy atom. The lowest BCUT2D eigenvalue weighted by molar-refractivity contribution is -0.149. The minimum Gasteiger partial charge on any atom is -0.299 e. The average Bonchev–Trinajstić information content (AvgIpc) is 2.97. The maximum Gasteiger partial charge on any atom is 0.139 e. The molecule has 0 radical (unpaired) electrons. The van der Waals surface area contributed by atoms with E-state index in [4.69, 9.17) is 0 Å². The molecule has 1 saturated carbocycles. The van der Waals surface area contributed by atoms with Gasteiger partial charge in [0.25, 0.3) is 0 Å². The van der Waals surface area contributed by atoms with Crippen molar-refractivity contribution in [2.45, 2.75) is 78.1 Å². The molecule has 3 aliphatic rings. The normalized spacial score (nSPS) is 28.8. The SMILES string of the molecule is CC(C)(C)C#C[C@]12c3ccccc3CCC(=O)[C@H]1[C@@H]1C(=O)CCc3ccccc3[C@@]12C#CC(C)(C)C. The summed E-state index contributed by atoms with van der Waals surface area (Å²) in [5.74, 6) is 13.9. The summed E-state index contributed by atoms with van der Waals surface area (Å²) in [4.78, 5) is 27.9. The van der Waals surface area contributed by atoms with Gasteiger partial charge < -0.3 is 0 Å². The van der Waals surface area contributed by atoms with Crippen LogP contribution in [0, 0.1) is 46.3 Å². The van der Waals surface area contributed by atoms with E-state index in [0.717, 1.165) is 22.3 Å². The molecule has 3 aliphatic carbocycles. The van der Waals surface area contributed by atoms with Gasteiger partial charge in [-0.25, -0.2) is 0 Å². The number of carbonyl (C=O) groups is 2. The van der Waals surface area contributed by atoms with E-state index in [9.17, 15) is 9.59 Å². The van der Waals surface area contributed by atoms with Crippen LogP contribution in [-0.2, 0) is 33.3 Å². The lowest BCUT2D eigenvalue weighted by Gasteiger charge is -2.64. The molecule has 2 heteroatoms. The third kappa shape index (κ3) is 3.58. The number of aryl methyl sites for hydroxylation is 2. The Morgan fingerprint density at radius 3 is 1.33 bits per heavy atom. The van der Waals surface area contributed by atoms with Crippen LogP contribution in [0.2, 0.25) is 0 Å². The zero-order valence-corrected chi connectivity index (χ0v) is 22.4. The quantitative estimate of drug-likeness (QED) is 0.422. The molecule has 0 N–H and O–H groups in total. The highest BCUT2D eigenvalue weighted by atomic mass is 16.1. The molecule has 0 heterocycles. The van der Waals surface area contributed by atoms with Crippen LogP contribution in [0.4, 0.5) is 0 Å². The highest BCUT2D eigenvalue weighted by Crippen LogP contribution is 2.69. The molecular formula is C34H36O2. The van der Waals surface area contributed by atoms with Crippen LogP contribution in [0.5, 0.6) is 0 Å². The standard InChI is InChI=1S/C34H36O2/c1-31(2,3)19-21-33-25-13-9-7-11-23(25)15-17-27(35)29(33)30-28(36)18-16-24-12-8-10-14-26(24)34(30,33)22-20-32(4,5)6/h7-14,29-30H,15-18H2,1-6H3/t29-,30-,33-,34-/m0/s1. The first-order valence-electron chi connectivity index (χ1n) is 13.2. The van der Waals surface area contributed by atoms with Crippen LogP contribution < -0.4 is 0 Å². The molecule has 2 aromatic rings. The largest absolute Gasteiger partial charge is 0.299 e. The second-order valence-electron chi connectivity index (χ2n) is 12.8. The van der Waals surface area contributed by atoms with Crippen molar-refractivity contribution < 1.29 is 9.59 Å². The first-order valence-corrected chi connectivity index (χ1v) is 13.2. The molecule has 4 atom stereocenters. The molecule has 184 valence electrons. The molecule has 0 aromatic heterocycles. The molecule has 0 unspecified atom stereocenters. The zero-order chi connectivity index (χ0) is 25.9. The number of hydrogen-bond donors (Lipinski definition) is 0. The summed E-state index contributed by atoms with van der Waals surface area (Å²) >= 11 is 0. The smallest absolute Gasteiger partial charge is 0.139 e. The van der Waals surface area contributed by atoms with Gasteiger partial charge in [-0.2, -0.15) is 0 Å². The number of hydrogen-bond acceptors (Lipinski definition) is 2. The second-order valence-corrected chi connectivity index (χ2v) is 12.8. The van der Waals surface area contributed by atoms with Crippen molar-refractivity contribution >= 4 is 11.6 Å². The van der Waals surface area contributed by atoms with Gasteiger partial charge >= 0.3 is 0 Å². The maximum atomic E-state index is 14.0. The molecule has 2 nitrogen and oxygen atoms in total. The van der Waals surface area contributed by atoms with Crippen LogP contribution in [0.3, 0.4) is 0 Å². The lowest BCUT2D eigenvalue weighted by atomic mass is 9.33. The minimum absolute atomic E-state index is 0.153. The molecule has 1 fully saturated rings. The fraction of sp³-hybridized carbons (Fsp3) is 0.471. The van der Waals surface area contributed by atoms with E-state index in [1.54, 1.807) is 0 Å². The monoisotopic (exact) mass is 476 g/mol. The van der Waals surface area contributed by atoms with Crippen molar-refractivity contribution in [2.24, 2.45) is 22.7 Å². The topological polar surface area (TPSA) is 34.1 Å². The van der Waals surface area contributed by atoms with Gasteiger partial charge in [-0.1, -0.05) is 72.2 Å². The maximum absolute atomic E-state index is 14.0. The molecule has 2 aromatic carbocycles.